The van der Waals surface area contributed by atoms with Crippen LogP contribution >= 0.6 is 11.3 Å². The first kappa shape index (κ1) is 13.9. The number of amides is 1. The number of fused-ring (bicyclic) bond motifs is 1. The first-order valence-electron chi connectivity index (χ1n) is 7.40. The molecule has 0 radical (unpaired) electrons. The molecule has 22 heavy (non-hydrogen) atoms. The molecule has 2 aromatic rings. The summed E-state index contributed by atoms with van der Waals surface area (Å²) in [7, 11) is 2.11. The Kier molecular flexibility index (Phi) is 2.77. The SMILES string of the molecule is Cc1nnc2sc(C(=O)N3CC4(CN(C)C4)C3)c(N)c2c1C. The Morgan fingerprint density at radius 2 is 1.91 bits per heavy atom. The third kappa shape index (κ3) is 1.78. The van der Waals surface area contributed by atoms with Crippen LogP contribution in [0.25, 0.3) is 10.2 Å². The number of hydrogen-bond acceptors (Lipinski definition) is 6. The number of nitrogens with zero attached hydrogens (tertiary/aromatic N) is 4. The van der Waals surface area contributed by atoms with E-state index in [1.165, 1.54) is 11.3 Å². The van der Waals surface area contributed by atoms with Gasteiger partial charge in [0.05, 0.1) is 11.4 Å². The van der Waals surface area contributed by atoms with Crippen LogP contribution in [-0.2, 0) is 0 Å². The molecule has 2 aliphatic rings. The molecular weight excluding hydrogens is 298 g/mol. The van der Waals surface area contributed by atoms with Crippen molar-refractivity contribution in [2.45, 2.75) is 13.8 Å². The first-order chi connectivity index (χ1) is 10.4. The van der Waals surface area contributed by atoms with Crippen molar-refractivity contribution in [1.29, 1.82) is 0 Å². The highest BCUT2D eigenvalue weighted by Gasteiger charge is 2.52. The summed E-state index contributed by atoms with van der Waals surface area (Å²) in [4.78, 5) is 18.3. The van der Waals surface area contributed by atoms with E-state index in [-0.39, 0.29) is 5.91 Å². The number of nitrogens with two attached hydrogens (primary N) is 1. The van der Waals surface area contributed by atoms with Gasteiger partial charge >= 0.3 is 0 Å². The number of likely N-dealkylation sites (tertiary alicyclic amines) is 2. The summed E-state index contributed by atoms with van der Waals surface area (Å²) in [5.74, 6) is 0.0396. The van der Waals surface area contributed by atoms with Crippen LogP contribution in [-0.4, -0.2) is 59.1 Å². The van der Waals surface area contributed by atoms with Crippen LogP contribution in [0.3, 0.4) is 0 Å². The standard InChI is InChI=1S/C15H19N5OS/c1-8-9(2)17-18-13-10(8)11(16)12(22-13)14(21)20-6-15(7-20)4-19(3)5-15/h4-7,16H2,1-3H3. The number of anilines is 1. The van der Waals surface area contributed by atoms with Gasteiger partial charge in [-0.3, -0.25) is 4.79 Å². The molecular formula is C15H19N5OS. The van der Waals surface area contributed by atoms with Crippen molar-refractivity contribution < 1.29 is 4.79 Å². The maximum Gasteiger partial charge on any atom is 0.266 e. The summed E-state index contributed by atoms with van der Waals surface area (Å²) in [5, 5.41) is 9.20. The summed E-state index contributed by atoms with van der Waals surface area (Å²) >= 11 is 1.36. The number of aryl methyl sites for hydroxylation is 2. The largest absolute Gasteiger partial charge is 0.397 e. The van der Waals surface area contributed by atoms with Gasteiger partial charge in [0.2, 0.25) is 0 Å². The normalized spacial score (nSPS) is 20.2. The van der Waals surface area contributed by atoms with Crippen LogP contribution in [0.4, 0.5) is 5.69 Å². The number of carbonyl (C=O) groups excluding carboxylic acids is 1. The summed E-state index contributed by atoms with van der Waals surface area (Å²) < 4.78 is 0. The van der Waals surface area contributed by atoms with E-state index in [9.17, 15) is 4.79 Å². The van der Waals surface area contributed by atoms with Crippen molar-refractivity contribution in [3.8, 4) is 0 Å². The van der Waals surface area contributed by atoms with Gasteiger partial charge in [-0.15, -0.1) is 16.4 Å². The van der Waals surface area contributed by atoms with Gasteiger partial charge in [-0.25, -0.2) is 0 Å². The van der Waals surface area contributed by atoms with Crippen molar-refractivity contribution in [3.63, 3.8) is 0 Å². The topological polar surface area (TPSA) is 75.4 Å². The second-order valence-electron chi connectivity index (χ2n) is 6.77. The second-order valence-corrected chi connectivity index (χ2v) is 7.77. The molecule has 2 aromatic heterocycles. The number of aromatic nitrogens is 2. The minimum atomic E-state index is 0.0396. The summed E-state index contributed by atoms with van der Waals surface area (Å²) in [6.07, 6.45) is 0. The van der Waals surface area contributed by atoms with E-state index in [0.29, 0.717) is 16.0 Å². The number of carbonyl (C=O) groups is 1. The lowest BCUT2D eigenvalue weighted by Crippen LogP contribution is -2.71. The van der Waals surface area contributed by atoms with E-state index in [0.717, 1.165) is 47.7 Å². The molecule has 2 aliphatic heterocycles. The molecule has 2 saturated heterocycles. The Labute approximate surface area is 132 Å². The van der Waals surface area contributed by atoms with Gasteiger partial charge in [0.25, 0.3) is 5.91 Å². The number of thiophene rings is 1. The molecule has 0 bridgehead atoms. The van der Waals surface area contributed by atoms with Crippen molar-refractivity contribution in [3.05, 3.63) is 16.1 Å². The van der Waals surface area contributed by atoms with Crippen LogP contribution in [0.5, 0.6) is 0 Å². The monoisotopic (exact) mass is 317 g/mol. The van der Waals surface area contributed by atoms with Crippen molar-refractivity contribution in [1.82, 2.24) is 20.0 Å². The van der Waals surface area contributed by atoms with Crippen LogP contribution in [0.1, 0.15) is 20.9 Å². The highest BCUT2D eigenvalue weighted by Crippen LogP contribution is 2.42. The minimum Gasteiger partial charge on any atom is -0.397 e. The zero-order valence-corrected chi connectivity index (χ0v) is 13.8. The van der Waals surface area contributed by atoms with Gasteiger partial charge in [-0.1, -0.05) is 0 Å². The van der Waals surface area contributed by atoms with Crippen molar-refractivity contribution in [2.75, 3.05) is 39.0 Å². The molecule has 4 rings (SSSR count). The fourth-order valence-corrected chi connectivity index (χ4v) is 4.82. The van der Waals surface area contributed by atoms with E-state index in [4.69, 9.17) is 5.73 Å². The molecule has 2 fully saturated rings. The molecule has 7 heteroatoms. The third-order valence-corrected chi connectivity index (χ3v) is 5.96. The number of rotatable bonds is 1. The number of nitrogen functional groups attached to an aromatic ring is 1. The Morgan fingerprint density at radius 3 is 2.55 bits per heavy atom. The summed E-state index contributed by atoms with van der Waals surface area (Å²) in [6, 6.07) is 0. The van der Waals surface area contributed by atoms with Crippen molar-refractivity contribution >= 4 is 33.1 Å². The zero-order valence-electron chi connectivity index (χ0n) is 13.0. The fraction of sp³-hybridized carbons (Fsp3) is 0.533. The van der Waals surface area contributed by atoms with Crippen LogP contribution in [0.2, 0.25) is 0 Å². The van der Waals surface area contributed by atoms with Gasteiger partial charge in [-0.2, -0.15) is 5.10 Å². The molecule has 4 heterocycles. The lowest BCUT2D eigenvalue weighted by atomic mass is 9.73. The van der Waals surface area contributed by atoms with Crippen molar-refractivity contribution in [2.24, 2.45) is 5.41 Å². The van der Waals surface area contributed by atoms with Gasteiger partial charge in [0, 0.05) is 37.0 Å². The Bertz CT molecular complexity index is 785. The highest BCUT2D eigenvalue weighted by atomic mass is 32.1. The smallest absolute Gasteiger partial charge is 0.266 e. The van der Waals surface area contributed by atoms with E-state index >= 15 is 0 Å². The highest BCUT2D eigenvalue weighted by molar-refractivity contribution is 7.21. The average molecular weight is 317 g/mol. The molecule has 2 N–H and O–H groups in total. The molecule has 1 amide bonds. The van der Waals surface area contributed by atoms with Crippen LogP contribution in [0, 0.1) is 19.3 Å². The van der Waals surface area contributed by atoms with E-state index < -0.39 is 0 Å². The summed E-state index contributed by atoms with van der Waals surface area (Å²) in [5.41, 5.74) is 9.02. The fourth-order valence-electron chi connectivity index (χ4n) is 3.75. The van der Waals surface area contributed by atoms with Gasteiger partial charge in [0.15, 0.2) is 0 Å². The molecule has 0 atom stereocenters. The zero-order chi connectivity index (χ0) is 15.6. The van der Waals surface area contributed by atoms with E-state index in [2.05, 4.69) is 22.1 Å². The quantitative estimate of drug-likeness (QED) is 0.857. The third-order valence-electron chi connectivity index (χ3n) is 4.88. The van der Waals surface area contributed by atoms with Gasteiger partial charge in [0.1, 0.15) is 9.71 Å². The van der Waals surface area contributed by atoms with Crippen LogP contribution in [0.15, 0.2) is 0 Å². The average Bonchev–Trinajstić information content (AvgIpc) is 2.74. The van der Waals surface area contributed by atoms with E-state index in [1.807, 2.05) is 18.7 Å². The maximum absolute atomic E-state index is 12.7. The number of hydrogen-bond donors (Lipinski definition) is 1. The second kappa shape index (κ2) is 4.39. The lowest BCUT2D eigenvalue weighted by Gasteiger charge is -2.59. The molecule has 116 valence electrons. The molecule has 1 spiro atoms. The van der Waals surface area contributed by atoms with Gasteiger partial charge in [-0.05, 0) is 26.5 Å². The molecule has 0 aliphatic carbocycles. The predicted molar refractivity (Wildman–Crippen MR) is 87.1 cm³/mol. The maximum atomic E-state index is 12.7. The first-order valence-corrected chi connectivity index (χ1v) is 8.21. The van der Waals surface area contributed by atoms with Gasteiger partial charge < -0.3 is 15.5 Å². The lowest BCUT2D eigenvalue weighted by molar-refractivity contribution is -0.0870. The summed E-state index contributed by atoms with van der Waals surface area (Å²) in [6.45, 7) is 7.74. The molecule has 0 saturated carbocycles. The minimum absolute atomic E-state index is 0.0396. The Hall–Kier alpha value is -1.73. The Balaban J connectivity index is 1.63. The van der Waals surface area contributed by atoms with Crippen LogP contribution < -0.4 is 5.73 Å². The predicted octanol–water partition coefficient (Wildman–Crippen LogP) is 1.28. The van der Waals surface area contributed by atoms with E-state index in [1.54, 1.807) is 0 Å². The molecule has 6 nitrogen and oxygen atoms in total. The molecule has 0 aromatic carbocycles. The Morgan fingerprint density at radius 1 is 1.23 bits per heavy atom. The molecule has 0 unspecified atom stereocenters.